The van der Waals surface area contributed by atoms with Crippen molar-refractivity contribution in [3.8, 4) is 0 Å². The molecule has 0 bridgehead atoms. The third-order valence-electron chi connectivity index (χ3n) is 5.20. The van der Waals surface area contributed by atoms with Crippen molar-refractivity contribution in [1.29, 1.82) is 0 Å². The lowest BCUT2D eigenvalue weighted by molar-refractivity contribution is -0.139. The second-order valence-corrected chi connectivity index (χ2v) is 10.3. The number of rotatable bonds is 11. The van der Waals surface area contributed by atoms with Gasteiger partial charge in [0.15, 0.2) is 5.78 Å². The molecule has 0 unspecified atom stereocenters. The monoisotopic (exact) mass is 507 g/mol. The van der Waals surface area contributed by atoms with Crippen molar-refractivity contribution in [1.82, 2.24) is 10.2 Å². The molecule has 0 fully saturated rings. The third-order valence-corrected chi connectivity index (χ3v) is 6.60. The van der Waals surface area contributed by atoms with E-state index in [4.69, 9.17) is 11.6 Å². The quantitative estimate of drug-likeness (QED) is 0.470. The molecule has 2 aromatic carbocycles. The van der Waals surface area contributed by atoms with Crippen LogP contribution in [0.15, 0.2) is 48.5 Å². The Morgan fingerprint density at radius 1 is 1.09 bits per heavy atom. The number of carbonyl (C=O) groups is 3. The van der Waals surface area contributed by atoms with E-state index in [1.807, 2.05) is 6.92 Å². The molecule has 1 N–H and O–H groups in total. The molecule has 0 aliphatic heterocycles. The first-order chi connectivity index (χ1) is 15.9. The van der Waals surface area contributed by atoms with E-state index < -0.39 is 28.5 Å². The number of ketones is 1. The summed E-state index contributed by atoms with van der Waals surface area (Å²) in [5.74, 6) is -1.13. The van der Waals surface area contributed by atoms with Crippen LogP contribution in [0.3, 0.4) is 0 Å². The van der Waals surface area contributed by atoms with Crippen LogP contribution in [0.2, 0.25) is 5.02 Å². The lowest BCUT2D eigenvalue weighted by Crippen LogP contribution is -2.51. The van der Waals surface area contributed by atoms with Gasteiger partial charge in [0.2, 0.25) is 21.8 Å². The van der Waals surface area contributed by atoms with Crippen molar-refractivity contribution in [2.24, 2.45) is 0 Å². The van der Waals surface area contributed by atoms with E-state index in [0.29, 0.717) is 17.1 Å². The van der Waals surface area contributed by atoms with E-state index in [1.165, 1.54) is 24.0 Å². The Balaban J connectivity index is 2.40. The number of hydrogen-bond acceptors (Lipinski definition) is 5. The highest BCUT2D eigenvalue weighted by Crippen LogP contribution is 2.21. The second-order valence-electron chi connectivity index (χ2n) is 7.99. The zero-order chi connectivity index (χ0) is 25.5. The number of hydrogen-bond donors (Lipinski definition) is 1. The van der Waals surface area contributed by atoms with Crippen LogP contribution in [0.4, 0.5) is 5.69 Å². The first kappa shape index (κ1) is 27.3. The molecule has 0 heterocycles. The number of Topliss-reactive ketones (excluding diaryl/α,β-unsaturated/α-hetero) is 1. The molecule has 0 saturated heterocycles. The molecule has 0 aliphatic rings. The van der Waals surface area contributed by atoms with Crippen LogP contribution in [-0.2, 0) is 26.2 Å². The van der Waals surface area contributed by atoms with Crippen molar-refractivity contribution in [2.75, 3.05) is 23.7 Å². The normalized spacial score (nSPS) is 12.0. The minimum Gasteiger partial charge on any atom is -0.354 e. The standard InChI is InChI=1S/C24H30ClN3O5S/c1-5-13-26-24(31)17(2)27(15-19-9-11-21(25)12-10-19)23(30)16-28(34(4,32)33)22-8-6-7-20(14-22)18(3)29/h6-12,14,17H,5,13,15-16H2,1-4H3,(H,26,31)/t17-/m0/s1. The molecule has 2 amide bonds. The van der Waals surface area contributed by atoms with Crippen molar-refractivity contribution >= 4 is 44.9 Å². The summed E-state index contributed by atoms with van der Waals surface area (Å²) in [6.07, 6.45) is 1.72. The van der Waals surface area contributed by atoms with Gasteiger partial charge in [-0.1, -0.05) is 42.8 Å². The number of anilines is 1. The van der Waals surface area contributed by atoms with E-state index in [1.54, 1.807) is 43.3 Å². The summed E-state index contributed by atoms with van der Waals surface area (Å²) < 4.78 is 26.1. The van der Waals surface area contributed by atoms with Gasteiger partial charge < -0.3 is 10.2 Å². The summed E-state index contributed by atoms with van der Waals surface area (Å²) in [4.78, 5) is 39.2. The first-order valence-corrected chi connectivity index (χ1v) is 13.1. The Labute approximate surface area is 205 Å². The van der Waals surface area contributed by atoms with E-state index in [2.05, 4.69) is 5.32 Å². The molecule has 0 radical (unpaired) electrons. The zero-order valence-corrected chi connectivity index (χ0v) is 21.3. The number of amides is 2. The summed E-state index contributed by atoms with van der Waals surface area (Å²) in [6.45, 7) is 4.90. The van der Waals surface area contributed by atoms with Gasteiger partial charge in [-0.15, -0.1) is 0 Å². The van der Waals surface area contributed by atoms with Gasteiger partial charge in [0.05, 0.1) is 11.9 Å². The number of benzene rings is 2. The molecule has 184 valence electrons. The van der Waals surface area contributed by atoms with Gasteiger partial charge in [-0.25, -0.2) is 8.42 Å². The van der Waals surface area contributed by atoms with Gasteiger partial charge in [-0.05, 0) is 50.1 Å². The zero-order valence-electron chi connectivity index (χ0n) is 19.7. The van der Waals surface area contributed by atoms with Gasteiger partial charge in [-0.3, -0.25) is 18.7 Å². The highest BCUT2D eigenvalue weighted by Gasteiger charge is 2.30. The Morgan fingerprint density at radius 2 is 1.74 bits per heavy atom. The Bertz CT molecular complexity index is 1140. The van der Waals surface area contributed by atoms with Crippen molar-refractivity contribution in [3.05, 3.63) is 64.7 Å². The topological polar surface area (TPSA) is 104 Å². The van der Waals surface area contributed by atoms with Crippen LogP contribution < -0.4 is 9.62 Å². The molecule has 2 aromatic rings. The summed E-state index contributed by atoms with van der Waals surface area (Å²) >= 11 is 5.96. The summed E-state index contributed by atoms with van der Waals surface area (Å²) in [5.41, 5.74) is 1.25. The van der Waals surface area contributed by atoms with E-state index in [9.17, 15) is 22.8 Å². The SMILES string of the molecule is CCCNC(=O)[C@H](C)N(Cc1ccc(Cl)cc1)C(=O)CN(c1cccc(C(C)=O)c1)S(C)(=O)=O. The van der Waals surface area contributed by atoms with Crippen molar-refractivity contribution < 1.29 is 22.8 Å². The van der Waals surface area contributed by atoms with Gasteiger partial charge >= 0.3 is 0 Å². The van der Waals surface area contributed by atoms with E-state index in [0.717, 1.165) is 22.5 Å². The third kappa shape index (κ3) is 7.56. The molecular weight excluding hydrogens is 478 g/mol. The van der Waals surface area contributed by atoms with Crippen LogP contribution in [0.25, 0.3) is 0 Å². The molecular formula is C24H30ClN3O5S. The first-order valence-electron chi connectivity index (χ1n) is 10.8. The van der Waals surface area contributed by atoms with Crippen molar-refractivity contribution in [3.63, 3.8) is 0 Å². The molecule has 0 aromatic heterocycles. The Kier molecular flexibility index (Phi) is 9.64. The van der Waals surface area contributed by atoms with Crippen LogP contribution in [-0.4, -0.2) is 56.3 Å². The summed E-state index contributed by atoms with van der Waals surface area (Å²) in [7, 11) is -3.87. The minimum absolute atomic E-state index is 0.0851. The molecule has 0 saturated carbocycles. The van der Waals surface area contributed by atoms with Gasteiger partial charge in [0.25, 0.3) is 0 Å². The Morgan fingerprint density at radius 3 is 2.29 bits per heavy atom. The number of halogens is 1. The largest absolute Gasteiger partial charge is 0.354 e. The molecule has 0 spiro atoms. The summed E-state index contributed by atoms with van der Waals surface area (Å²) in [6, 6.07) is 12.1. The number of carbonyl (C=O) groups excluding carboxylic acids is 3. The number of nitrogens with one attached hydrogen (secondary N) is 1. The van der Waals surface area contributed by atoms with Crippen molar-refractivity contribution in [2.45, 2.75) is 39.8 Å². The fraction of sp³-hybridized carbons (Fsp3) is 0.375. The summed E-state index contributed by atoms with van der Waals surface area (Å²) in [5, 5.41) is 3.31. The molecule has 8 nitrogen and oxygen atoms in total. The maximum atomic E-state index is 13.4. The average molecular weight is 508 g/mol. The average Bonchev–Trinajstić information content (AvgIpc) is 2.79. The van der Waals surface area contributed by atoms with E-state index >= 15 is 0 Å². The van der Waals surface area contributed by atoms with Crippen LogP contribution in [0.5, 0.6) is 0 Å². The Hall–Kier alpha value is -2.91. The lowest BCUT2D eigenvalue weighted by Gasteiger charge is -2.31. The molecule has 0 aliphatic carbocycles. The molecule has 34 heavy (non-hydrogen) atoms. The highest BCUT2D eigenvalue weighted by molar-refractivity contribution is 7.92. The predicted molar refractivity (Wildman–Crippen MR) is 133 cm³/mol. The lowest BCUT2D eigenvalue weighted by atomic mass is 10.1. The smallest absolute Gasteiger partial charge is 0.244 e. The van der Waals surface area contributed by atoms with Crippen LogP contribution in [0.1, 0.15) is 43.1 Å². The molecule has 10 heteroatoms. The molecule has 2 rings (SSSR count). The van der Waals surface area contributed by atoms with Gasteiger partial charge in [0, 0.05) is 23.7 Å². The van der Waals surface area contributed by atoms with E-state index in [-0.39, 0.29) is 23.9 Å². The number of nitrogens with zero attached hydrogens (tertiary/aromatic N) is 2. The number of sulfonamides is 1. The fourth-order valence-electron chi connectivity index (χ4n) is 3.26. The maximum absolute atomic E-state index is 13.4. The molecule has 1 atom stereocenters. The second kappa shape index (κ2) is 12.0. The predicted octanol–water partition coefficient (Wildman–Crippen LogP) is 3.25. The van der Waals surface area contributed by atoms with Gasteiger partial charge in [0.1, 0.15) is 12.6 Å². The van der Waals surface area contributed by atoms with Gasteiger partial charge in [-0.2, -0.15) is 0 Å². The maximum Gasteiger partial charge on any atom is 0.244 e. The minimum atomic E-state index is -3.87. The van der Waals surface area contributed by atoms with Crippen LogP contribution in [0, 0.1) is 0 Å². The fourth-order valence-corrected chi connectivity index (χ4v) is 4.23. The highest BCUT2D eigenvalue weighted by atomic mass is 35.5. The van der Waals surface area contributed by atoms with Crippen LogP contribution >= 0.6 is 11.6 Å².